The van der Waals surface area contributed by atoms with Crippen LogP contribution in [0.5, 0.6) is 0 Å². The van der Waals surface area contributed by atoms with Gasteiger partial charge in [0.05, 0.1) is 12.7 Å². The maximum atomic E-state index is 5.76. The summed E-state index contributed by atoms with van der Waals surface area (Å²) >= 11 is 0. The van der Waals surface area contributed by atoms with Gasteiger partial charge in [-0.15, -0.1) is 0 Å². The van der Waals surface area contributed by atoms with E-state index >= 15 is 0 Å². The summed E-state index contributed by atoms with van der Waals surface area (Å²) in [5.74, 6) is 2.42. The molecule has 0 aromatic carbocycles. The molecule has 5 nitrogen and oxygen atoms in total. The lowest BCUT2D eigenvalue weighted by molar-refractivity contribution is 0.0381. The number of anilines is 2. The van der Waals surface area contributed by atoms with Crippen LogP contribution in [0.3, 0.4) is 0 Å². The highest BCUT2D eigenvalue weighted by atomic mass is 16.5. The van der Waals surface area contributed by atoms with Crippen LogP contribution in [0.15, 0.2) is 6.33 Å². The number of rotatable bonds is 5. The minimum atomic E-state index is 0.307. The zero-order chi connectivity index (χ0) is 14.5. The van der Waals surface area contributed by atoms with Crippen molar-refractivity contribution < 1.29 is 4.74 Å². The largest absolute Gasteiger partial charge is 0.375 e. The molecule has 5 heteroatoms. The molecule has 0 spiro atoms. The van der Waals surface area contributed by atoms with Gasteiger partial charge in [0.2, 0.25) is 0 Å². The lowest BCUT2D eigenvalue weighted by Gasteiger charge is -2.35. The van der Waals surface area contributed by atoms with Gasteiger partial charge in [-0.25, -0.2) is 9.97 Å². The number of nitrogens with zero attached hydrogens (tertiary/aromatic N) is 3. The predicted molar refractivity (Wildman–Crippen MR) is 82.5 cm³/mol. The van der Waals surface area contributed by atoms with Crippen molar-refractivity contribution in [3.63, 3.8) is 0 Å². The van der Waals surface area contributed by atoms with Gasteiger partial charge in [0.25, 0.3) is 0 Å². The summed E-state index contributed by atoms with van der Waals surface area (Å²) in [6, 6.07) is 0. The van der Waals surface area contributed by atoms with Crippen molar-refractivity contribution in [2.75, 3.05) is 36.5 Å². The Morgan fingerprint density at radius 1 is 1.40 bits per heavy atom. The Morgan fingerprint density at radius 3 is 2.85 bits per heavy atom. The van der Waals surface area contributed by atoms with Crippen molar-refractivity contribution >= 4 is 11.6 Å². The lowest BCUT2D eigenvalue weighted by Crippen LogP contribution is -2.43. The van der Waals surface area contributed by atoms with Crippen molar-refractivity contribution in [2.45, 2.75) is 46.1 Å². The van der Waals surface area contributed by atoms with Gasteiger partial charge in [0, 0.05) is 25.2 Å². The van der Waals surface area contributed by atoms with Gasteiger partial charge in [-0.2, -0.15) is 0 Å². The molecule has 2 heterocycles. The van der Waals surface area contributed by atoms with Crippen LogP contribution in [0, 0.1) is 0 Å². The van der Waals surface area contributed by atoms with E-state index in [-0.39, 0.29) is 0 Å². The van der Waals surface area contributed by atoms with Gasteiger partial charge in [0.1, 0.15) is 18.0 Å². The van der Waals surface area contributed by atoms with Crippen molar-refractivity contribution in [2.24, 2.45) is 0 Å². The predicted octanol–water partition coefficient (Wildman–Crippen LogP) is 2.65. The van der Waals surface area contributed by atoms with Crippen molar-refractivity contribution in [3.05, 3.63) is 11.9 Å². The topological polar surface area (TPSA) is 50.3 Å². The average molecular weight is 278 g/mol. The molecule has 0 radical (unpaired) electrons. The first kappa shape index (κ1) is 15.0. The van der Waals surface area contributed by atoms with Crippen LogP contribution in [-0.4, -0.2) is 42.3 Å². The highest BCUT2D eigenvalue weighted by Crippen LogP contribution is 2.31. The molecule has 0 saturated carbocycles. The molecule has 112 valence electrons. The van der Waals surface area contributed by atoms with E-state index in [2.05, 4.69) is 47.9 Å². The fraction of sp³-hybridized carbons (Fsp3) is 0.733. The van der Waals surface area contributed by atoms with Crippen molar-refractivity contribution in [1.29, 1.82) is 0 Å². The lowest BCUT2D eigenvalue weighted by atomic mass is 10.0. The standard InChI is InChI=1S/C15H26N4O/c1-5-12-9-19(7-8-20-12)15-13(11(3)4)14(16-6-2)17-10-18-15/h10-12H,5-9H2,1-4H3,(H,16,17,18). The zero-order valence-corrected chi connectivity index (χ0v) is 13.0. The Bertz CT molecular complexity index is 436. The second-order valence-electron chi connectivity index (χ2n) is 5.49. The Balaban J connectivity index is 2.32. The fourth-order valence-corrected chi connectivity index (χ4v) is 2.64. The normalized spacial score (nSPS) is 19.4. The van der Waals surface area contributed by atoms with Crippen LogP contribution in [-0.2, 0) is 4.74 Å². The van der Waals surface area contributed by atoms with E-state index in [0.717, 1.165) is 44.3 Å². The summed E-state index contributed by atoms with van der Waals surface area (Å²) in [4.78, 5) is 11.3. The molecule has 1 saturated heterocycles. The molecule has 1 atom stereocenters. The monoisotopic (exact) mass is 278 g/mol. The van der Waals surface area contributed by atoms with Gasteiger partial charge in [-0.1, -0.05) is 20.8 Å². The summed E-state index contributed by atoms with van der Waals surface area (Å²) in [6.45, 7) is 12.1. The van der Waals surface area contributed by atoms with E-state index in [1.807, 2.05) is 0 Å². The van der Waals surface area contributed by atoms with E-state index in [0.29, 0.717) is 12.0 Å². The number of nitrogens with one attached hydrogen (secondary N) is 1. The quantitative estimate of drug-likeness (QED) is 0.897. The molecular formula is C15H26N4O. The first-order valence-corrected chi connectivity index (χ1v) is 7.62. The highest BCUT2D eigenvalue weighted by Gasteiger charge is 2.24. The third-order valence-corrected chi connectivity index (χ3v) is 3.68. The summed E-state index contributed by atoms with van der Waals surface area (Å²) in [5.41, 5.74) is 1.21. The van der Waals surface area contributed by atoms with Crippen LogP contribution in [0.1, 0.15) is 45.6 Å². The molecule has 1 aliphatic rings. The first-order chi connectivity index (χ1) is 9.67. The molecule has 0 aliphatic carbocycles. The highest BCUT2D eigenvalue weighted by molar-refractivity contribution is 5.60. The second kappa shape index (κ2) is 6.88. The van der Waals surface area contributed by atoms with Crippen LogP contribution in [0.4, 0.5) is 11.6 Å². The zero-order valence-electron chi connectivity index (χ0n) is 13.0. The number of aromatic nitrogens is 2. The summed E-state index contributed by atoms with van der Waals surface area (Å²) in [6.07, 6.45) is 3.01. The summed E-state index contributed by atoms with van der Waals surface area (Å²) in [5, 5.41) is 3.35. The molecule has 1 aliphatic heterocycles. The molecule has 1 fully saturated rings. The number of hydrogen-bond acceptors (Lipinski definition) is 5. The van der Waals surface area contributed by atoms with Crippen molar-refractivity contribution in [1.82, 2.24) is 9.97 Å². The molecule has 0 bridgehead atoms. The molecular weight excluding hydrogens is 252 g/mol. The Hall–Kier alpha value is -1.36. The Morgan fingerprint density at radius 2 is 2.20 bits per heavy atom. The van der Waals surface area contributed by atoms with Crippen LogP contribution in [0.2, 0.25) is 0 Å². The third-order valence-electron chi connectivity index (χ3n) is 3.68. The molecule has 1 N–H and O–H groups in total. The number of morpholine rings is 1. The molecule has 1 aromatic heterocycles. The first-order valence-electron chi connectivity index (χ1n) is 7.62. The maximum Gasteiger partial charge on any atom is 0.137 e. The molecule has 1 unspecified atom stereocenters. The minimum Gasteiger partial charge on any atom is -0.375 e. The average Bonchev–Trinajstić information content (AvgIpc) is 2.47. The molecule has 1 aromatic rings. The van der Waals surface area contributed by atoms with Crippen molar-refractivity contribution in [3.8, 4) is 0 Å². The number of hydrogen-bond donors (Lipinski definition) is 1. The van der Waals surface area contributed by atoms with Gasteiger partial charge in [-0.3, -0.25) is 0 Å². The molecule has 0 amide bonds. The smallest absolute Gasteiger partial charge is 0.137 e. The van der Waals surface area contributed by atoms with Crippen LogP contribution >= 0.6 is 0 Å². The van der Waals surface area contributed by atoms with Gasteiger partial charge < -0.3 is 15.0 Å². The van der Waals surface area contributed by atoms with Crippen LogP contribution < -0.4 is 10.2 Å². The third kappa shape index (κ3) is 3.20. The molecule has 20 heavy (non-hydrogen) atoms. The van der Waals surface area contributed by atoms with E-state index in [4.69, 9.17) is 4.74 Å². The fourth-order valence-electron chi connectivity index (χ4n) is 2.64. The van der Waals surface area contributed by atoms with E-state index < -0.39 is 0 Å². The maximum absolute atomic E-state index is 5.76. The Labute approximate surface area is 121 Å². The Kier molecular flexibility index (Phi) is 5.17. The SMILES string of the molecule is CCNc1ncnc(N2CCOC(CC)C2)c1C(C)C. The van der Waals surface area contributed by atoms with Gasteiger partial charge in [-0.05, 0) is 19.3 Å². The minimum absolute atomic E-state index is 0.307. The number of ether oxygens (including phenoxy) is 1. The van der Waals surface area contributed by atoms with Gasteiger partial charge >= 0.3 is 0 Å². The van der Waals surface area contributed by atoms with E-state index in [9.17, 15) is 0 Å². The summed E-state index contributed by atoms with van der Waals surface area (Å²) in [7, 11) is 0. The molecule has 2 rings (SSSR count). The van der Waals surface area contributed by atoms with Gasteiger partial charge in [0.15, 0.2) is 0 Å². The summed E-state index contributed by atoms with van der Waals surface area (Å²) < 4.78 is 5.76. The van der Waals surface area contributed by atoms with E-state index in [1.54, 1.807) is 6.33 Å². The second-order valence-corrected chi connectivity index (χ2v) is 5.49. The van der Waals surface area contributed by atoms with E-state index in [1.165, 1.54) is 5.56 Å². The van der Waals surface area contributed by atoms with Crippen LogP contribution in [0.25, 0.3) is 0 Å².